The number of halogens is 1. The molecule has 0 aliphatic heterocycles. The maximum atomic E-state index is 13.3. The number of hydrogen-bond donors (Lipinski definition) is 0. The molecule has 3 aromatic carbocycles. The fourth-order valence-electron chi connectivity index (χ4n) is 3.36. The van der Waals surface area contributed by atoms with Crippen LogP contribution < -0.4 is 4.40 Å². The number of nitrogens with zero attached hydrogens (tertiary/aromatic N) is 2. The van der Waals surface area contributed by atoms with E-state index in [0.29, 0.717) is 0 Å². The molecule has 0 fully saturated rings. The van der Waals surface area contributed by atoms with Gasteiger partial charge < -0.3 is 0 Å². The van der Waals surface area contributed by atoms with Gasteiger partial charge in [0.2, 0.25) is 0 Å². The van der Waals surface area contributed by atoms with E-state index < -0.39 is 13.3 Å². The van der Waals surface area contributed by atoms with Crippen molar-refractivity contribution >= 4 is 39.3 Å². The van der Waals surface area contributed by atoms with E-state index in [-0.39, 0.29) is 5.82 Å². The Morgan fingerprint density at radius 1 is 0.840 bits per heavy atom. The SMILES string of the molecule is [CH3][Ge]([CH3])([CH3])[c]1cccc2ccc3c(-c4ccc(F)cc4)ncnc3c12. The summed E-state index contributed by atoms with van der Waals surface area (Å²) >= 11 is -2.07. The molecule has 4 aromatic rings. The molecule has 0 spiro atoms. The number of aromatic nitrogens is 2. The predicted octanol–water partition coefficient (Wildman–Crippen LogP) is 5.13. The van der Waals surface area contributed by atoms with Crippen molar-refractivity contribution in [2.75, 3.05) is 0 Å². The molecular weight excluding hydrogens is 372 g/mol. The quantitative estimate of drug-likeness (QED) is 0.350. The van der Waals surface area contributed by atoms with Gasteiger partial charge in [-0.05, 0) is 0 Å². The van der Waals surface area contributed by atoms with Gasteiger partial charge in [0.15, 0.2) is 0 Å². The molecule has 0 saturated carbocycles. The Morgan fingerprint density at radius 3 is 2.32 bits per heavy atom. The molecule has 0 bridgehead atoms. The van der Waals surface area contributed by atoms with Gasteiger partial charge >= 0.3 is 149 Å². The first kappa shape index (κ1) is 16.2. The van der Waals surface area contributed by atoms with Crippen LogP contribution in [0.5, 0.6) is 0 Å². The standard InChI is InChI=1S/C21H19FGeN2/c1-23(2,3)18-6-4-5-14-9-12-17-20(15-7-10-16(22)11-8-15)24-13-25-21(17)19(14)18/h4-13H,1-3H3. The van der Waals surface area contributed by atoms with E-state index in [1.54, 1.807) is 18.5 Å². The van der Waals surface area contributed by atoms with E-state index in [1.165, 1.54) is 27.3 Å². The molecule has 0 saturated heterocycles. The molecule has 0 unspecified atom stereocenters. The van der Waals surface area contributed by atoms with Crippen molar-refractivity contribution in [2.45, 2.75) is 17.3 Å². The Balaban J connectivity index is 2.10. The van der Waals surface area contributed by atoms with Gasteiger partial charge in [0.25, 0.3) is 0 Å². The van der Waals surface area contributed by atoms with Crippen LogP contribution in [0.2, 0.25) is 17.3 Å². The maximum absolute atomic E-state index is 13.3. The van der Waals surface area contributed by atoms with Gasteiger partial charge in [0, 0.05) is 0 Å². The Hall–Kier alpha value is -2.27. The molecule has 0 atom stereocenters. The minimum atomic E-state index is -2.07. The third-order valence-electron chi connectivity index (χ3n) is 4.57. The second kappa shape index (κ2) is 5.92. The fraction of sp³-hybridized carbons (Fsp3) is 0.143. The van der Waals surface area contributed by atoms with Crippen LogP contribution in [0.4, 0.5) is 4.39 Å². The molecule has 4 rings (SSSR count). The molecule has 0 aliphatic carbocycles. The summed E-state index contributed by atoms with van der Waals surface area (Å²) in [4.78, 5) is 9.12. The summed E-state index contributed by atoms with van der Waals surface area (Å²) in [5.74, 6) is 6.96. The van der Waals surface area contributed by atoms with Gasteiger partial charge in [-0.2, -0.15) is 0 Å². The average Bonchev–Trinajstić information content (AvgIpc) is 2.60. The van der Waals surface area contributed by atoms with Crippen LogP contribution in [-0.2, 0) is 0 Å². The average molecular weight is 391 g/mol. The third kappa shape index (κ3) is 2.82. The third-order valence-corrected chi connectivity index (χ3v) is 8.84. The Bertz CT molecular complexity index is 1080. The first-order valence-corrected chi connectivity index (χ1v) is 15.7. The van der Waals surface area contributed by atoms with E-state index >= 15 is 0 Å². The van der Waals surface area contributed by atoms with Crippen molar-refractivity contribution in [2.24, 2.45) is 0 Å². The number of benzene rings is 3. The summed E-state index contributed by atoms with van der Waals surface area (Å²) in [6.07, 6.45) is 1.62. The first-order chi connectivity index (χ1) is 11.9. The Labute approximate surface area is 149 Å². The van der Waals surface area contributed by atoms with Crippen LogP contribution in [0.3, 0.4) is 0 Å². The van der Waals surface area contributed by atoms with Crippen LogP contribution in [0.1, 0.15) is 0 Å². The van der Waals surface area contributed by atoms with Gasteiger partial charge in [-0.25, -0.2) is 0 Å². The normalized spacial score (nSPS) is 12.0. The summed E-state index contributed by atoms with van der Waals surface area (Å²) in [5, 5.41) is 3.48. The van der Waals surface area contributed by atoms with Crippen LogP contribution >= 0.6 is 0 Å². The van der Waals surface area contributed by atoms with Gasteiger partial charge in [0.1, 0.15) is 0 Å². The minimum absolute atomic E-state index is 0.240. The Kier molecular flexibility index (Phi) is 3.84. The van der Waals surface area contributed by atoms with Crippen molar-refractivity contribution in [3.05, 3.63) is 66.7 Å². The zero-order valence-electron chi connectivity index (χ0n) is 14.5. The summed E-state index contributed by atoms with van der Waals surface area (Å²) in [7, 11) is 0. The first-order valence-electron chi connectivity index (χ1n) is 8.38. The van der Waals surface area contributed by atoms with Gasteiger partial charge in [0.05, 0.1) is 0 Å². The van der Waals surface area contributed by atoms with E-state index in [0.717, 1.165) is 22.2 Å². The van der Waals surface area contributed by atoms with E-state index in [1.807, 2.05) is 0 Å². The molecule has 2 nitrogen and oxygen atoms in total. The Morgan fingerprint density at radius 2 is 1.60 bits per heavy atom. The molecule has 0 N–H and O–H groups in total. The zero-order valence-corrected chi connectivity index (χ0v) is 16.6. The second-order valence-corrected chi connectivity index (χ2v) is 17.9. The predicted molar refractivity (Wildman–Crippen MR) is 105 cm³/mol. The molecule has 124 valence electrons. The monoisotopic (exact) mass is 392 g/mol. The molecule has 4 heteroatoms. The van der Waals surface area contributed by atoms with Crippen molar-refractivity contribution < 1.29 is 4.39 Å². The van der Waals surface area contributed by atoms with Crippen LogP contribution in [-0.4, -0.2) is 23.2 Å². The summed E-state index contributed by atoms with van der Waals surface area (Å²) in [6, 6.07) is 17.3. The van der Waals surface area contributed by atoms with Crippen LogP contribution in [0.15, 0.2) is 60.9 Å². The summed E-state index contributed by atoms with van der Waals surface area (Å²) in [6.45, 7) is 0. The van der Waals surface area contributed by atoms with Gasteiger partial charge in [-0.15, -0.1) is 0 Å². The zero-order chi connectivity index (χ0) is 17.6. The number of rotatable bonds is 2. The van der Waals surface area contributed by atoms with Crippen molar-refractivity contribution in [1.82, 2.24) is 9.97 Å². The van der Waals surface area contributed by atoms with Crippen LogP contribution in [0.25, 0.3) is 32.9 Å². The fourth-order valence-corrected chi connectivity index (χ4v) is 6.74. The second-order valence-electron chi connectivity index (χ2n) is 7.34. The van der Waals surface area contributed by atoms with E-state index in [2.05, 4.69) is 57.6 Å². The van der Waals surface area contributed by atoms with Gasteiger partial charge in [-0.3, -0.25) is 0 Å². The molecule has 1 aromatic heterocycles. The topological polar surface area (TPSA) is 25.8 Å². The molecule has 25 heavy (non-hydrogen) atoms. The summed E-state index contributed by atoms with van der Waals surface area (Å²) < 4.78 is 14.7. The van der Waals surface area contributed by atoms with Crippen molar-refractivity contribution in [3.8, 4) is 11.3 Å². The van der Waals surface area contributed by atoms with Crippen LogP contribution in [0, 0.1) is 5.82 Å². The number of fused-ring (bicyclic) bond motifs is 3. The van der Waals surface area contributed by atoms with Crippen molar-refractivity contribution in [3.63, 3.8) is 0 Å². The molecule has 0 radical (unpaired) electrons. The number of hydrogen-bond acceptors (Lipinski definition) is 2. The van der Waals surface area contributed by atoms with Gasteiger partial charge in [-0.1, -0.05) is 0 Å². The molecular formula is C21H19FGeN2. The summed E-state index contributed by atoms with van der Waals surface area (Å²) in [5.41, 5.74) is 2.74. The molecule has 1 heterocycles. The molecule has 0 aliphatic rings. The van der Waals surface area contributed by atoms with Crippen molar-refractivity contribution in [1.29, 1.82) is 0 Å². The molecule has 0 amide bonds. The van der Waals surface area contributed by atoms with E-state index in [9.17, 15) is 4.39 Å². The van der Waals surface area contributed by atoms with E-state index in [4.69, 9.17) is 0 Å².